The molecule has 0 bridgehead atoms. The van der Waals surface area contributed by atoms with Gasteiger partial charge in [0.1, 0.15) is 5.75 Å². The van der Waals surface area contributed by atoms with Crippen LogP contribution in [0.4, 0.5) is 5.69 Å². The molecule has 0 amide bonds. The molecule has 0 aliphatic rings. The Bertz CT molecular complexity index is 380. The Morgan fingerprint density at radius 1 is 1.44 bits per heavy atom. The van der Waals surface area contributed by atoms with Crippen molar-refractivity contribution in [2.24, 2.45) is 10.7 Å². The third kappa shape index (κ3) is 5.54. The van der Waals surface area contributed by atoms with Crippen molar-refractivity contribution in [3.63, 3.8) is 0 Å². The van der Waals surface area contributed by atoms with E-state index >= 15 is 0 Å². The van der Waals surface area contributed by atoms with E-state index in [0.29, 0.717) is 19.1 Å². The van der Waals surface area contributed by atoms with Crippen molar-refractivity contribution in [2.75, 3.05) is 32.2 Å². The lowest BCUT2D eigenvalue weighted by atomic mass is 10.3. The van der Waals surface area contributed by atoms with Gasteiger partial charge < -0.3 is 20.5 Å². The molecule has 0 aromatic heterocycles. The summed E-state index contributed by atoms with van der Waals surface area (Å²) in [5.41, 5.74) is 6.63. The smallest absolute Gasteiger partial charge is 0.193 e. The van der Waals surface area contributed by atoms with Gasteiger partial charge in [-0.3, -0.25) is 4.99 Å². The first-order valence-corrected chi connectivity index (χ1v) is 6.05. The fraction of sp³-hybridized carbons (Fsp3) is 0.462. The molecule has 18 heavy (non-hydrogen) atoms. The van der Waals surface area contributed by atoms with Gasteiger partial charge in [0.2, 0.25) is 0 Å². The number of aliphatic imine (C=N–C) groups is 1. The molecule has 100 valence electrons. The van der Waals surface area contributed by atoms with Crippen molar-refractivity contribution < 1.29 is 9.47 Å². The number of nitrogens with two attached hydrogens (primary N) is 1. The summed E-state index contributed by atoms with van der Waals surface area (Å²) in [6, 6.07) is 7.54. The summed E-state index contributed by atoms with van der Waals surface area (Å²) in [5, 5.41) is 3.01. The number of guanidine groups is 1. The maximum absolute atomic E-state index is 5.77. The minimum atomic E-state index is 0.403. The summed E-state index contributed by atoms with van der Waals surface area (Å²) in [6.07, 6.45) is 0.869. The summed E-state index contributed by atoms with van der Waals surface area (Å²) >= 11 is 0. The summed E-state index contributed by atoms with van der Waals surface area (Å²) in [7, 11) is 1.63. The number of nitrogens with zero attached hydrogens (tertiary/aromatic N) is 1. The van der Waals surface area contributed by atoms with E-state index in [1.807, 2.05) is 31.2 Å². The molecule has 0 aliphatic heterocycles. The highest BCUT2D eigenvalue weighted by Crippen LogP contribution is 2.16. The Hall–Kier alpha value is -1.75. The van der Waals surface area contributed by atoms with Crippen molar-refractivity contribution in [1.29, 1.82) is 0 Å². The highest BCUT2D eigenvalue weighted by Gasteiger charge is 1.97. The number of methoxy groups -OCH3 is 1. The van der Waals surface area contributed by atoms with E-state index in [1.165, 1.54) is 0 Å². The van der Waals surface area contributed by atoms with E-state index in [4.69, 9.17) is 15.2 Å². The van der Waals surface area contributed by atoms with Gasteiger partial charge in [-0.25, -0.2) is 0 Å². The van der Waals surface area contributed by atoms with Gasteiger partial charge in [-0.1, -0.05) is 6.07 Å². The van der Waals surface area contributed by atoms with Gasteiger partial charge in [-0.05, 0) is 25.5 Å². The molecule has 3 N–H and O–H groups in total. The molecule has 0 atom stereocenters. The fourth-order valence-electron chi connectivity index (χ4n) is 1.40. The first-order chi connectivity index (χ1) is 8.76. The van der Waals surface area contributed by atoms with Crippen LogP contribution in [0, 0.1) is 0 Å². The lowest BCUT2D eigenvalue weighted by Crippen LogP contribution is -2.23. The average Bonchev–Trinajstić information content (AvgIpc) is 2.38. The van der Waals surface area contributed by atoms with E-state index < -0.39 is 0 Å². The quantitative estimate of drug-likeness (QED) is 0.441. The predicted octanol–water partition coefficient (Wildman–Crippen LogP) is 1.85. The monoisotopic (exact) mass is 251 g/mol. The predicted molar refractivity (Wildman–Crippen MR) is 74.2 cm³/mol. The van der Waals surface area contributed by atoms with Gasteiger partial charge in [-0.15, -0.1) is 0 Å². The SMILES string of the molecule is CCOCCCN=C(N)Nc1cccc(OC)c1. The average molecular weight is 251 g/mol. The van der Waals surface area contributed by atoms with E-state index in [2.05, 4.69) is 10.3 Å². The Labute approximate surface area is 108 Å². The van der Waals surface area contributed by atoms with E-state index in [0.717, 1.165) is 24.5 Å². The molecule has 1 aromatic carbocycles. The van der Waals surface area contributed by atoms with Crippen LogP contribution in [0.25, 0.3) is 0 Å². The van der Waals surface area contributed by atoms with Crippen molar-refractivity contribution in [3.05, 3.63) is 24.3 Å². The van der Waals surface area contributed by atoms with Crippen LogP contribution in [-0.2, 0) is 4.74 Å². The van der Waals surface area contributed by atoms with Gasteiger partial charge in [0.25, 0.3) is 0 Å². The maximum atomic E-state index is 5.77. The summed E-state index contributed by atoms with van der Waals surface area (Å²) in [5.74, 6) is 1.18. The molecule has 1 aromatic rings. The number of benzene rings is 1. The molecule has 0 radical (unpaired) electrons. The topological polar surface area (TPSA) is 68.9 Å². The third-order valence-electron chi connectivity index (χ3n) is 2.28. The number of hydrogen-bond acceptors (Lipinski definition) is 3. The molecule has 0 heterocycles. The Morgan fingerprint density at radius 2 is 2.28 bits per heavy atom. The molecule has 0 saturated heterocycles. The van der Waals surface area contributed by atoms with Gasteiger partial charge in [0.05, 0.1) is 7.11 Å². The molecular weight excluding hydrogens is 230 g/mol. The second kappa shape index (κ2) is 8.36. The lowest BCUT2D eigenvalue weighted by Gasteiger charge is -2.07. The number of anilines is 1. The summed E-state index contributed by atoms with van der Waals surface area (Å²) in [4.78, 5) is 4.21. The molecular formula is C13H21N3O2. The Morgan fingerprint density at radius 3 is 3.00 bits per heavy atom. The maximum Gasteiger partial charge on any atom is 0.193 e. The highest BCUT2D eigenvalue weighted by molar-refractivity contribution is 5.92. The summed E-state index contributed by atoms with van der Waals surface area (Å²) < 4.78 is 10.3. The zero-order chi connectivity index (χ0) is 13.2. The Balaban J connectivity index is 2.38. The molecule has 0 unspecified atom stereocenters. The minimum Gasteiger partial charge on any atom is -0.497 e. The van der Waals surface area contributed by atoms with Crippen LogP contribution < -0.4 is 15.8 Å². The number of nitrogens with one attached hydrogen (secondary N) is 1. The van der Waals surface area contributed by atoms with Crippen LogP contribution >= 0.6 is 0 Å². The van der Waals surface area contributed by atoms with Crippen molar-refractivity contribution in [1.82, 2.24) is 0 Å². The van der Waals surface area contributed by atoms with Gasteiger partial charge >= 0.3 is 0 Å². The van der Waals surface area contributed by atoms with E-state index in [9.17, 15) is 0 Å². The first-order valence-electron chi connectivity index (χ1n) is 6.05. The summed E-state index contributed by atoms with van der Waals surface area (Å²) in [6.45, 7) is 4.08. The first kappa shape index (κ1) is 14.3. The molecule has 0 saturated carbocycles. The molecule has 0 aliphatic carbocycles. The zero-order valence-corrected chi connectivity index (χ0v) is 11.0. The normalized spacial score (nSPS) is 11.3. The largest absolute Gasteiger partial charge is 0.497 e. The number of hydrogen-bond donors (Lipinski definition) is 2. The standard InChI is InChI=1S/C13H21N3O2/c1-3-18-9-5-8-15-13(14)16-11-6-4-7-12(10-11)17-2/h4,6-7,10H,3,5,8-9H2,1-2H3,(H3,14,15,16). The number of rotatable bonds is 7. The van der Waals surface area contributed by atoms with Crippen LogP contribution in [-0.4, -0.2) is 32.8 Å². The van der Waals surface area contributed by atoms with Crippen LogP contribution in [0.3, 0.4) is 0 Å². The van der Waals surface area contributed by atoms with Gasteiger partial charge in [0, 0.05) is 31.5 Å². The van der Waals surface area contributed by atoms with Gasteiger partial charge in [0.15, 0.2) is 5.96 Å². The van der Waals surface area contributed by atoms with Crippen molar-refractivity contribution in [2.45, 2.75) is 13.3 Å². The van der Waals surface area contributed by atoms with E-state index in [-0.39, 0.29) is 0 Å². The lowest BCUT2D eigenvalue weighted by molar-refractivity contribution is 0.146. The highest BCUT2D eigenvalue weighted by atomic mass is 16.5. The minimum absolute atomic E-state index is 0.403. The van der Waals surface area contributed by atoms with Crippen molar-refractivity contribution in [3.8, 4) is 5.75 Å². The van der Waals surface area contributed by atoms with Crippen LogP contribution in [0.5, 0.6) is 5.75 Å². The second-order valence-electron chi connectivity index (χ2n) is 3.67. The fourth-order valence-corrected chi connectivity index (χ4v) is 1.40. The van der Waals surface area contributed by atoms with Gasteiger partial charge in [-0.2, -0.15) is 0 Å². The molecule has 5 heteroatoms. The second-order valence-corrected chi connectivity index (χ2v) is 3.67. The molecule has 1 rings (SSSR count). The zero-order valence-electron chi connectivity index (χ0n) is 11.0. The van der Waals surface area contributed by atoms with E-state index in [1.54, 1.807) is 7.11 Å². The molecule has 5 nitrogen and oxygen atoms in total. The van der Waals surface area contributed by atoms with Crippen molar-refractivity contribution >= 4 is 11.6 Å². The third-order valence-corrected chi connectivity index (χ3v) is 2.28. The molecule has 0 fully saturated rings. The van der Waals surface area contributed by atoms with Crippen LogP contribution in [0.15, 0.2) is 29.3 Å². The van der Waals surface area contributed by atoms with Crippen LogP contribution in [0.2, 0.25) is 0 Å². The number of ether oxygens (including phenoxy) is 2. The molecule has 0 spiro atoms. The van der Waals surface area contributed by atoms with Crippen LogP contribution in [0.1, 0.15) is 13.3 Å². The Kier molecular flexibility index (Phi) is 6.64.